The standard InChI is InChI=1S/C5H6BrNS.ClH/c6-4-1-2-8-5(4)3-7;/h1-2H,3,7H2;1H. The van der Waals surface area contributed by atoms with Crippen molar-refractivity contribution < 1.29 is 0 Å². The molecule has 0 spiro atoms. The maximum atomic E-state index is 5.38. The molecule has 1 rings (SSSR count). The van der Waals surface area contributed by atoms with Crippen LogP contribution in [-0.4, -0.2) is 0 Å². The van der Waals surface area contributed by atoms with Crippen LogP contribution in [0.15, 0.2) is 15.9 Å². The third-order valence-electron chi connectivity index (χ3n) is 0.876. The molecule has 1 aromatic heterocycles. The van der Waals surface area contributed by atoms with E-state index in [0.717, 1.165) is 4.47 Å². The van der Waals surface area contributed by atoms with Crippen molar-refractivity contribution in [3.05, 3.63) is 20.8 Å². The molecule has 1 heterocycles. The molecule has 0 aliphatic heterocycles. The summed E-state index contributed by atoms with van der Waals surface area (Å²) in [6.07, 6.45) is 0. The number of hydrogen-bond donors (Lipinski definition) is 1. The summed E-state index contributed by atoms with van der Waals surface area (Å²) in [4.78, 5) is 1.21. The topological polar surface area (TPSA) is 26.0 Å². The molecule has 0 atom stereocenters. The van der Waals surface area contributed by atoms with E-state index in [-0.39, 0.29) is 12.4 Å². The van der Waals surface area contributed by atoms with Gasteiger partial charge in [0.05, 0.1) is 0 Å². The third kappa shape index (κ3) is 2.26. The van der Waals surface area contributed by atoms with Crippen LogP contribution in [0.4, 0.5) is 0 Å². The van der Waals surface area contributed by atoms with Crippen molar-refractivity contribution in [2.75, 3.05) is 0 Å². The Bertz CT molecular complexity index is 177. The average Bonchev–Trinajstić information content (AvgIpc) is 2.14. The second kappa shape index (κ2) is 4.28. The van der Waals surface area contributed by atoms with Crippen LogP contribution < -0.4 is 5.73 Å². The molecule has 1 nitrogen and oxygen atoms in total. The molecule has 9 heavy (non-hydrogen) atoms. The summed E-state index contributed by atoms with van der Waals surface area (Å²) in [6, 6.07) is 2.01. The number of hydrogen-bond acceptors (Lipinski definition) is 2. The van der Waals surface area contributed by atoms with Crippen molar-refractivity contribution in [3.63, 3.8) is 0 Å². The molecule has 0 radical (unpaired) electrons. The average molecular weight is 229 g/mol. The zero-order valence-electron chi connectivity index (χ0n) is 4.63. The minimum atomic E-state index is 0. The van der Waals surface area contributed by atoms with Crippen molar-refractivity contribution in [2.45, 2.75) is 6.54 Å². The highest BCUT2D eigenvalue weighted by Crippen LogP contribution is 2.21. The van der Waals surface area contributed by atoms with E-state index in [0.29, 0.717) is 6.54 Å². The normalized spacial score (nSPS) is 8.67. The second-order valence-corrected chi connectivity index (χ2v) is 3.25. The van der Waals surface area contributed by atoms with Gasteiger partial charge in [-0.25, -0.2) is 0 Å². The SMILES string of the molecule is Cl.NCc1sccc1Br. The van der Waals surface area contributed by atoms with Gasteiger partial charge in [0, 0.05) is 15.9 Å². The fourth-order valence-corrected chi connectivity index (χ4v) is 1.87. The second-order valence-electron chi connectivity index (χ2n) is 1.40. The van der Waals surface area contributed by atoms with E-state index in [2.05, 4.69) is 15.9 Å². The Kier molecular flexibility index (Phi) is 4.48. The summed E-state index contributed by atoms with van der Waals surface area (Å²) in [5.41, 5.74) is 5.38. The zero-order chi connectivity index (χ0) is 5.98. The van der Waals surface area contributed by atoms with Crippen LogP contribution in [0.3, 0.4) is 0 Å². The molecule has 0 unspecified atom stereocenters. The predicted molar refractivity (Wildman–Crippen MR) is 47.2 cm³/mol. The summed E-state index contributed by atoms with van der Waals surface area (Å²) in [5.74, 6) is 0. The van der Waals surface area contributed by atoms with Gasteiger partial charge >= 0.3 is 0 Å². The Labute approximate surface area is 72.8 Å². The van der Waals surface area contributed by atoms with Crippen molar-refractivity contribution in [1.82, 2.24) is 0 Å². The summed E-state index contributed by atoms with van der Waals surface area (Å²) in [6.45, 7) is 0.637. The molecule has 0 amide bonds. The molecule has 2 N–H and O–H groups in total. The largest absolute Gasteiger partial charge is 0.326 e. The van der Waals surface area contributed by atoms with Gasteiger partial charge in [-0.15, -0.1) is 23.7 Å². The van der Waals surface area contributed by atoms with Crippen molar-refractivity contribution >= 4 is 39.7 Å². The maximum absolute atomic E-state index is 5.38. The lowest BCUT2D eigenvalue weighted by atomic mass is 10.5. The molecule has 0 saturated carbocycles. The van der Waals surface area contributed by atoms with Crippen LogP contribution in [0.1, 0.15) is 4.88 Å². The molecule has 0 aromatic carbocycles. The molecule has 0 aliphatic rings. The van der Waals surface area contributed by atoms with Crippen LogP contribution in [0.25, 0.3) is 0 Å². The smallest absolute Gasteiger partial charge is 0.0327 e. The summed E-state index contributed by atoms with van der Waals surface area (Å²) in [5, 5.41) is 2.02. The van der Waals surface area contributed by atoms with Crippen LogP contribution in [0, 0.1) is 0 Å². The molecule has 52 valence electrons. The minimum Gasteiger partial charge on any atom is -0.326 e. The van der Waals surface area contributed by atoms with E-state index in [9.17, 15) is 0 Å². The lowest BCUT2D eigenvalue weighted by Crippen LogP contribution is -1.92. The molecule has 1 aromatic rings. The molecule has 0 aliphatic carbocycles. The van der Waals surface area contributed by atoms with Gasteiger partial charge in [0.15, 0.2) is 0 Å². The summed E-state index contributed by atoms with van der Waals surface area (Å²) < 4.78 is 1.13. The first-order valence-electron chi connectivity index (χ1n) is 2.26. The first-order chi connectivity index (χ1) is 3.84. The Balaban J connectivity index is 0.000000640. The number of rotatable bonds is 1. The maximum Gasteiger partial charge on any atom is 0.0327 e. The van der Waals surface area contributed by atoms with Gasteiger partial charge < -0.3 is 5.73 Å². The molecule has 0 saturated heterocycles. The Hall–Kier alpha value is 0.430. The zero-order valence-corrected chi connectivity index (χ0v) is 7.85. The quantitative estimate of drug-likeness (QED) is 0.785. The van der Waals surface area contributed by atoms with E-state index in [1.54, 1.807) is 11.3 Å². The van der Waals surface area contributed by atoms with E-state index in [1.165, 1.54) is 4.88 Å². The number of nitrogens with two attached hydrogens (primary N) is 1. The minimum absolute atomic E-state index is 0. The highest BCUT2D eigenvalue weighted by atomic mass is 79.9. The van der Waals surface area contributed by atoms with E-state index >= 15 is 0 Å². The lowest BCUT2D eigenvalue weighted by molar-refractivity contribution is 1.10. The molecular weight excluding hydrogens is 221 g/mol. The Morgan fingerprint density at radius 1 is 1.67 bits per heavy atom. The van der Waals surface area contributed by atoms with E-state index < -0.39 is 0 Å². The van der Waals surface area contributed by atoms with Crippen molar-refractivity contribution in [2.24, 2.45) is 5.73 Å². The highest BCUT2D eigenvalue weighted by molar-refractivity contribution is 9.10. The fourth-order valence-electron chi connectivity index (χ4n) is 0.471. The lowest BCUT2D eigenvalue weighted by Gasteiger charge is -1.86. The monoisotopic (exact) mass is 227 g/mol. The molecule has 0 fully saturated rings. The van der Waals surface area contributed by atoms with E-state index in [1.807, 2.05) is 11.4 Å². The van der Waals surface area contributed by atoms with Crippen LogP contribution in [0.2, 0.25) is 0 Å². The Morgan fingerprint density at radius 3 is 2.56 bits per heavy atom. The van der Waals surface area contributed by atoms with Crippen LogP contribution in [0.5, 0.6) is 0 Å². The van der Waals surface area contributed by atoms with Gasteiger partial charge in [0.2, 0.25) is 0 Å². The van der Waals surface area contributed by atoms with Crippen molar-refractivity contribution in [3.8, 4) is 0 Å². The van der Waals surface area contributed by atoms with Gasteiger partial charge in [-0.3, -0.25) is 0 Å². The third-order valence-corrected chi connectivity index (χ3v) is 2.83. The first-order valence-corrected chi connectivity index (χ1v) is 3.94. The summed E-state index contributed by atoms with van der Waals surface area (Å²) in [7, 11) is 0. The van der Waals surface area contributed by atoms with E-state index in [4.69, 9.17) is 5.73 Å². The van der Waals surface area contributed by atoms with Crippen LogP contribution in [-0.2, 0) is 6.54 Å². The molecular formula is C5H7BrClNS. The predicted octanol–water partition coefficient (Wildman–Crippen LogP) is 2.39. The van der Waals surface area contributed by atoms with Crippen LogP contribution >= 0.6 is 39.7 Å². The summed E-state index contributed by atoms with van der Waals surface area (Å²) >= 11 is 5.03. The fraction of sp³-hybridized carbons (Fsp3) is 0.200. The Morgan fingerprint density at radius 2 is 2.33 bits per heavy atom. The molecule has 0 bridgehead atoms. The number of halogens is 2. The van der Waals surface area contributed by atoms with Gasteiger partial charge in [0.1, 0.15) is 0 Å². The first kappa shape index (κ1) is 9.43. The number of thiophene rings is 1. The van der Waals surface area contributed by atoms with Gasteiger partial charge in [0.25, 0.3) is 0 Å². The van der Waals surface area contributed by atoms with Gasteiger partial charge in [-0.05, 0) is 27.4 Å². The highest BCUT2D eigenvalue weighted by Gasteiger charge is 1.94. The van der Waals surface area contributed by atoms with Crippen molar-refractivity contribution in [1.29, 1.82) is 0 Å². The van der Waals surface area contributed by atoms with Gasteiger partial charge in [-0.1, -0.05) is 0 Å². The molecule has 4 heteroatoms. The van der Waals surface area contributed by atoms with Gasteiger partial charge in [-0.2, -0.15) is 0 Å².